The van der Waals surface area contributed by atoms with E-state index in [1.807, 2.05) is 0 Å². The predicted molar refractivity (Wildman–Crippen MR) is 86.6 cm³/mol. The van der Waals surface area contributed by atoms with E-state index in [9.17, 15) is 15.0 Å². The van der Waals surface area contributed by atoms with Crippen LogP contribution >= 0.6 is 0 Å². The highest BCUT2D eigenvalue weighted by Gasteiger charge is 2.17. The molecule has 0 aliphatic carbocycles. The Balaban J connectivity index is 1.72. The Morgan fingerprint density at radius 2 is 1.92 bits per heavy atom. The molecule has 7 heteroatoms. The van der Waals surface area contributed by atoms with Gasteiger partial charge in [0, 0.05) is 18.2 Å². The largest absolute Gasteiger partial charge is 0.506 e. The van der Waals surface area contributed by atoms with Crippen LogP contribution in [-0.4, -0.2) is 30.0 Å². The van der Waals surface area contributed by atoms with Gasteiger partial charge in [0.05, 0.1) is 12.8 Å². The topological polar surface area (TPSA) is 97.3 Å². The summed E-state index contributed by atoms with van der Waals surface area (Å²) in [4.78, 5) is 12.0. The van der Waals surface area contributed by atoms with Crippen molar-refractivity contribution in [2.24, 2.45) is 0 Å². The van der Waals surface area contributed by atoms with Gasteiger partial charge in [0.2, 0.25) is 12.7 Å². The van der Waals surface area contributed by atoms with Crippen molar-refractivity contribution in [2.45, 2.75) is 0 Å². The van der Waals surface area contributed by atoms with E-state index in [1.165, 1.54) is 31.4 Å². The quantitative estimate of drug-likeness (QED) is 0.589. The molecule has 0 spiro atoms. The number of hydrogen-bond acceptors (Lipinski definition) is 6. The Bertz CT molecular complexity index is 815. The molecule has 3 rings (SSSR count). The molecule has 24 heavy (non-hydrogen) atoms. The Morgan fingerprint density at radius 1 is 1.17 bits per heavy atom. The number of phenolic OH excluding ortho intramolecular Hbond substituents is 2. The third-order valence-electron chi connectivity index (χ3n) is 3.38. The van der Waals surface area contributed by atoms with Crippen molar-refractivity contribution in [3.8, 4) is 28.7 Å². The third kappa shape index (κ3) is 3.19. The van der Waals surface area contributed by atoms with Crippen LogP contribution in [0.25, 0.3) is 6.08 Å². The number of amides is 1. The smallest absolute Gasteiger partial charge is 0.248 e. The highest BCUT2D eigenvalue weighted by molar-refractivity contribution is 6.03. The van der Waals surface area contributed by atoms with E-state index >= 15 is 0 Å². The molecule has 0 radical (unpaired) electrons. The normalized spacial score (nSPS) is 12.4. The number of carbonyl (C=O) groups is 1. The van der Waals surface area contributed by atoms with Crippen molar-refractivity contribution < 1.29 is 29.2 Å². The van der Waals surface area contributed by atoms with Gasteiger partial charge in [-0.25, -0.2) is 0 Å². The summed E-state index contributed by atoms with van der Waals surface area (Å²) in [7, 11) is 1.44. The number of ether oxygens (including phenoxy) is 3. The number of carbonyl (C=O) groups excluding carboxylic acids is 1. The molecule has 0 atom stereocenters. The number of aromatic hydroxyl groups is 2. The Kier molecular flexibility index (Phi) is 4.15. The molecule has 2 aromatic rings. The van der Waals surface area contributed by atoms with Crippen LogP contribution in [0.1, 0.15) is 5.56 Å². The summed E-state index contributed by atoms with van der Waals surface area (Å²) < 4.78 is 15.3. The number of hydrogen-bond donors (Lipinski definition) is 3. The zero-order valence-electron chi connectivity index (χ0n) is 12.8. The van der Waals surface area contributed by atoms with E-state index in [-0.39, 0.29) is 24.0 Å². The van der Waals surface area contributed by atoms with Gasteiger partial charge < -0.3 is 29.7 Å². The second-order valence-electron chi connectivity index (χ2n) is 4.98. The molecule has 0 bridgehead atoms. The molecule has 0 saturated heterocycles. The van der Waals surface area contributed by atoms with Crippen LogP contribution in [0.15, 0.2) is 36.4 Å². The Labute approximate surface area is 137 Å². The zero-order chi connectivity index (χ0) is 17.1. The molecule has 1 aliphatic heterocycles. The average molecular weight is 329 g/mol. The van der Waals surface area contributed by atoms with Crippen molar-refractivity contribution in [2.75, 3.05) is 19.2 Å². The number of fused-ring (bicyclic) bond motifs is 1. The minimum absolute atomic E-state index is 0.0179. The zero-order valence-corrected chi connectivity index (χ0v) is 12.8. The van der Waals surface area contributed by atoms with Crippen LogP contribution < -0.4 is 19.5 Å². The van der Waals surface area contributed by atoms with Gasteiger partial charge in [-0.1, -0.05) is 6.07 Å². The van der Waals surface area contributed by atoms with Gasteiger partial charge in [-0.3, -0.25) is 4.79 Å². The molecule has 1 amide bonds. The molecule has 1 heterocycles. The highest BCUT2D eigenvalue weighted by Crippen LogP contribution is 2.40. The van der Waals surface area contributed by atoms with Crippen LogP contribution in [0.4, 0.5) is 5.69 Å². The molecule has 0 saturated carbocycles. The van der Waals surface area contributed by atoms with Crippen molar-refractivity contribution in [3.05, 3.63) is 42.0 Å². The van der Waals surface area contributed by atoms with Gasteiger partial charge in [-0.15, -0.1) is 0 Å². The van der Waals surface area contributed by atoms with Crippen molar-refractivity contribution in [1.29, 1.82) is 0 Å². The maximum Gasteiger partial charge on any atom is 0.248 e. The van der Waals surface area contributed by atoms with E-state index in [4.69, 9.17) is 14.2 Å². The molecule has 124 valence electrons. The van der Waals surface area contributed by atoms with Crippen molar-refractivity contribution in [1.82, 2.24) is 0 Å². The lowest BCUT2D eigenvalue weighted by Gasteiger charge is -2.07. The first kappa shape index (κ1) is 15.5. The van der Waals surface area contributed by atoms with E-state index in [0.717, 1.165) is 0 Å². The standard InChI is InChI=1S/C17H15NO6/c1-22-14-6-10(2-4-12(14)19)3-5-17(21)18-11-7-15-16(8-13(11)20)24-9-23-15/h2-8,19-20H,9H2,1H3,(H,18,21)/b5-3+. The summed E-state index contributed by atoms with van der Waals surface area (Å²) in [6.45, 7) is 0.0781. The number of anilines is 1. The summed E-state index contributed by atoms with van der Waals surface area (Å²) in [6, 6.07) is 7.58. The highest BCUT2D eigenvalue weighted by atomic mass is 16.7. The maximum absolute atomic E-state index is 12.0. The van der Waals surface area contributed by atoms with E-state index < -0.39 is 5.91 Å². The Morgan fingerprint density at radius 3 is 2.67 bits per heavy atom. The van der Waals surface area contributed by atoms with Gasteiger partial charge in [0.15, 0.2) is 23.0 Å². The molecular formula is C17H15NO6. The fourth-order valence-electron chi connectivity index (χ4n) is 2.18. The molecule has 7 nitrogen and oxygen atoms in total. The van der Waals surface area contributed by atoms with Crippen molar-refractivity contribution in [3.63, 3.8) is 0 Å². The van der Waals surface area contributed by atoms with E-state index in [0.29, 0.717) is 22.8 Å². The molecule has 1 aliphatic rings. The fourth-order valence-corrected chi connectivity index (χ4v) is 2.18. The molecule has 0 fully saturated rings. The predicted octanol–water partition coefficient (Wildman–Crippen LogP) is 2.49. The Hall–Kier alpha value is -3.35. The van der Waals surface area contributed by atoms with Crippen LogP contribution in [0.3, 0.4) is 0 Å². The van der Waals surface area contributed by atoms with Crippen LogP contribution in [0.5, 0.6) is 28.7 Å². The summed E-state index contributed by atoms with van der Waals surface area (Å²) in [5.41, 5.74) is 0.895. The number of rotatable bonds is 4. The van der Waals surface area contributed by atoms with Crippen LogP contribution in [0, 0.1) is 0 Å². The maximum atomic E-state index is 12.0. The van der Waals surface area contributed by atoms with Crippen molar-refractivity contribution >= 4 is 17.7 Å². The first-order chi connectivity index (χ1) is 11.6. The van der Waals surface area contributed by atoms with Crippen LogP contribution in [0.2, 0.25) is 0 Å². The lowest BCUT2D eigenvalue weighted by Crippen LogP contribution is -2.07. The van der Waals surface area contributed by atoms with E-state index in [2.05, 4.69) is 5.32 Å². The minimum Gasteiger partial charge on any atom is -0.506 e. The monoisotopic (exact) mass is 329 g/mol. The average Bonchev–Trinajstić information content (AvgIpc) is 3.01. The molecule has 0 aromatic heterocycles. The lowest BCUT2D eigenvalue weighted by atomic mass is 10.2. The van der Waals surface area contributed by atoms with Gasteiger partial charge in [0.25, 0.3) is 0 Å². The second kappa shape index (κ2) is 6.41. The molecular weight excluding hydrogens is 314 g/mol. The van der Waals surface area contributed by atoms with Gasteiger partial charge in [-0.2, -0.15) is 0 Å². The third-order valence-corrected chi connectivity index (χ3v) is 3.38. The fraction of sp³-hybridized carbons (Fsp3) is 0.118. The van der Waals surface area contributed by atoms with E-state index in [1.54, 1.807) is 18.2 Å². The summed E-state index contributed by atoms with van der Waals surface area (Å²) in [5.74, 6) is 0.659. The summed E-state index contributed by atoms with van der Waals surface area (Å²) >= 11 is 0. The summed E-state index contributed by atoms with van der Waals surface area (Å²) in [5, 5.41) is 22.0. The second-order valence-corrected chi connectivity index (χ2v) is 4.98. The first-order valence-electron chi connectivity index (χ1n) is 7.05. The SMILES string of the molecule is COc1cc(/C=C/C(=O)Nc2cc3c(cc2O)OCO3)ccc1O. The number of nitrogens with one attached hydrogen (secondary N) is 1. The van der Waals surface area contributed by atoms with Gasteiger partial charge in [-0.05, 0) is 23.8 Å². The van der Waals surface area contributed by atoms with Gasteiger partial charge in [0.1, 0.15) is 5.75 Å². The number of benzene rings is 2. The molecule has 0 unspecified atom stereocenters. The lowest BCUT2D eigenvalue weighted by molar-refractivity contribution is -0.111. The molecule has 3 N–H and O–H groups in total. The first-order valence-corrected chi connectivity index (χ1v) is 7.05. The number of phenols is 2. The van der Waals surface area contributed by atoms with Gasteiger partial charge >= 0.3 is 0 Å². The number of methoxy groups -OCH3 is 1. The summed E-state index contributed by atoms with van der Waals surface area (Å²) in [6.07, 6.45) is 2.86. The van der Waals surface area contributed by atoms with Crippen LogP contribution in [-0.2, 0) is 4.79 Å². The minimum atomic E-state index is -0.434. The molecule has 2 aromatic carbocycles.